The fourth-order valence-electron chi connectivity index (χ4n) is 3.48. The fourth-order valence-corrected chi connectivity index (χ4v) is 3.48. The predicted octanol–water partition coefficient (Wildman–Crippen LogP) is 3.49. The van der Waals surface area contributed by atoms with Crippen molar-refractivity contribution >= 4 is 17.4 Å². The van der Waals surface area contributed by atoms with Crippen molar-refractivity contribution in [2.45, 2.75) is 6.04 Å². The van der Waals surface area contributed by atoms with Gasteiger partial charge in [-0.15, -0.1) is 0 Å². The van der Waals surface area contributed by atoms with Crippen molar-refractivity contribution in [3.05, 3.63) is 84.1 Å². The number of methoxy groups -OCH3 is 1. The molecule has 0 bridgehead atoms. The van der Waals surface area contributed by atoms with Gasteiger partial charge in [0.2, 0.25) is 0 Å². The zero-order valence-electron chi connectivity index (χ0n) is 16.3. The maximum atomic E-state index is 12.5. The number of piperazine rings is 1. The van der Waals surface area contributed by atoms with Gasteiger partial charge in [-0.3, -0.25) is 4.79 Å². The maximum Gasteiger partial charge on any atom is 0.257 e. The minimum Gasteiger partial charge on any atom is -0.497 e. The number of carbonyl (C=O) groups is 1. The number of pyridine rings is 1. The van der Waals surface area contributed by atoms with Crippen LogP contribution in [0, 0.1) is 0 Å². The van der Waals surface area contributed by atoms with Crippen molar-refractivity contribution in [1.29, 1.82) is 0 Å². The Labute approximate surface area is 170 Å². The van der Waals surface area contributed by atoms with E-state index in [0.717, 1.165) is 25.5 Å². The normalized spacial score (nSPS) is 16.3. The molecule has 0 aliphatic carbocycles. The van der Waals surface area contributed by atoms with Gasteiger partial charge in [0.25, 0.3) is 5.91 Å². The molecule has 2 aromatic carbocycles. The molecule has 1 amide bonds. The van der Waals surface area contributed by atoms with E-state index in [9.17, 15) is 4.79 Å². The van der Waals surface area contributed by atoms with Gasteiger partial charge in [-0.05, 0) is 29.8 Å². The van der Waals surface area contributed by atoms with E-state index in [1.807, 2.05) is 36.4 Å². The molecule has 1 atom stereocenters. The second kappa shape index (κ2) is 8.75. The molecule has 4 rings (SSSR count). The monoisotopic (exact) mass is 388 g/mol. The van der Waals surface area contributed by atoms with Gasteiger partial charge in [0.05, 0.1) is 12.7 Å². The number of carbonyl (C=O) groups excluding carboxylic acids is 1. The first kappa shape index (κ1) is 19.0. The van der Waals surface area contributed by atoms with E-state index in [1.54, 1.807) is 19.4 Å². The highest BCUT2D eigenvalue weighted by Gasteiger charge is 2.21. The van der Waals surface area contributed by atoms with Gasteiger partial charge in [-0.1, -0.05) is 36.4 Å². The number of amides is 1. The third kappa shape index (κ3) is 4.55. The summed E-state index contributed by atoms with van der Waals surface area (Å²) in [6, 6.07) is 21.7. The van der Waals surface area contributed by atoms with Crippen molar-refractivity contribution in [1.82, 2.24) is 10.3 Å². The van der Waals surface area contributed by atoms with E-state index in [4.69, 9.17) is 4.74 Å². The van der Waals surface area contributed by atoms with E-state index in [1.165, 1.54) is 5.56 Å². The van der Waals surface area contributed by atoms with E-state index in [2.05, 4.69) is 44.8 Å². The molecular formula is C23H24N4O2. The Morgan fingerprint density at radius 1 is 1.14 bits per heavy atom. The Morgan fingerprint density at radius 3 is 2.76 bits per heavy atom. The zero-order chi connectivity index (χ0) is 20.1. The number of aromatic nitrogens is 1. The highest BCUT2D eigenvalue weighted by atomic mass is 16.5. The summed E-state index contributed by atoms with van der Waals surface area (Å²) in [5.74, 6) is 1.38. The van der Waals surface area contributed by atoms with Crippen molar-refractivity contribution in [3.8, 4) is 5.75 Å². The molecule has 1 fully saturated rings. The molecule has 1 aliphatic rings. The molecule has 0 saturated carbocycles. The SMILES string of the molecule is COc1cccc(NC(=O)c2ccc(N3CCNC(c4ccccc4)C3)nc2)c1. The minimum absolute atomic E-state index is 0.195. The lowest BCUT2D eigenvalue weighted by Crippen LogP contribution is -2.46. The standard InChI is InChI=1S/C23H24N4O2/c1-29-20-9-5-8-19(14-20)26-23(28)18-10-11-22(25-15-18)27-13-12-24-21(16-27)17-6-3-2-4-7-17/h2-11,14-15,21,24H,12-13,16H2,1H3,(H,26,28). The van der Waals surface area contributed by atoms with E-state index >= 15 is 0 Å². The number of nitrogens with zero attached hydrogens (tertiary/aromatic N) is 2. The van der Waals surface area contributed by atoms with Gasteiger partial charge in [0, 0.05) is 43.6 Å². The molecule has 2 heterocycles. The number of nitrogens with one attached hydrogen (secondary N) is 2. The van der Waals surface area contributed by atoms with Crippen molar-refractivity contribution in [2.24, 2.45) is 0 Å². The predicted molar refractivity (Wildman–Crippen MR) is 115 cm³/mol. The molecule has 1 saturated heterocycles. The Hall–Kier alpha value is -3.38. The summed E-state index contributed by atoms with van der Waals surface area (Å²) in [7, 11) is 1.60. The molecule has 0 radical (unpaired) electrons. The fraction of sp³-hybridized carbons (Fsp3) is 0.217. The molecule has 1 aromatic heterocycles. The molecule has 148 valence electrons. The van der Waals surface area contributed by atoms with Crippen LogP contribution in [-0.4, -0.2) is 37.6 Å². The average Bonchev–Trinajstić information content (AvgIpc) is 2.80. The van der Waals surface area contributed by atoms with Crippen molar-refractivity contribution in [3.63, 3.8) is 0 Å². The quantitative estimate of drug-likeness (QED) is 0.700. The van der Waals surface area contributed by atoms with Crippen molar-refractivity contribution in [2.75, 3.05) is 37.0 Å². The van der Waals surface area contributed by atoms with Gasteiger partial charge in [0.15, 0.2) is 0 Å². The molecule has 6 heteroatoms. The van der Waals surface area contributed by atoms with Crippen LogP contribution in [0.5, 0.6) is 5.75 Å². The molecule has 1 aliphatic heterocycles. The van der Waals surface area contributed by atoms with Crippen LogP contribution in [-0.2, 0) is 0 Å². The first-order valence-electron chi connectivity index (χ1n) is 9.67. The Balaban J connectivity index is 1.42. The van der Waals surface area contributed by atoms with Crippen LogP contribution in [0.3, 0.4) is 0 Å². The molecular weight excluding hydrogens is 364 g/mol. The lowest BCUT2D eigenvalue weighted by molar-refractivity contribution is 0.102. The van der Waals surface area contributed by atoms with Crippen LogP contribution in [0.4, 0.5) is 11.5 Å². The molecule has 6 nitrogen and oxygen atoms in total. The summed E-state index contributed by atoms with van der Waals surface area (Å²) in [5, 5.41) is 6.44. The first-order chi connectivity index (χ1) is 14.2. The summed E-state index contributed by atoms with van der Waals surface area (Å²) in [6.07, 6.45) is 1.63. The largest absolute Gasteiger partial charge is 0.497 e. The topological polar surface area (TPSA) is 66.5 Å². The van der Waals surface area contributed by atoms with Crippen LogP contribution in [0.15, 0.2) is 72.9 Å². The molecule has 2 N–H and O–H groups in total. The van der Waals surface area contributed by atoms with Crippen LogP contribution < -0.4 is 20.3 Å². The highest BCUT2D eigenvalue weighted by Crippen LogP contribution is 2.22. The lowest BCUT2D eigenvalue weighted by Gasteiger charge is -2.34. The second-order valence-electron chi connectivity index (χ2n) is 6.95. The highest BCUT2D eigenvalue weighted by molar-refractivity contribution is 6.04. The third-order valence-corrected chi connectivity index (χ3v) is 5.04. The van der Waals surface area contributed by atoms with Gasteiger partial charge >= 0.3 is 0 Å². The number of rotatable bonds is 5. The summed E-state index contributed by atoms with van der Waals surface area (Å²) in [4.78, 5) is 19.3. The average molecular weight is 388 g/mol. The van der Waals surface area contributed by atoms with Crippen LogP contribution in [0.2, 0.25) is 0 Å². The van der Waals surface area contributed by atoms with Crippen LogP contribution >= 0.6 is 0 Å². The Morgan fingerprint density at radius 2 is 2.00 bits per heavy atom. The maximum absolute atomic E-state index is 12.5. The second-order valence-corrected chi connectivity index (χ2v) is 6.95. The minimum atomic E-state index is -0.195. The van der Waals surface area contributed by atoms with Crippen LogP contribution in [0.1, 0.15) is 22.0 Å². The third-order valence-electron chi connectivity index (χ3n) is 5.04. The van der Waals surface area contributed by atoms with Gasteiger partial charge < -0.3 is 20.3 Å². The first-order valence-corrected chi connectivity index (χ1v) is 9.67. The number of benzene rings is 2. The van der Waals surface area contributed by atoms with Gasteiger partial charge in [-0.2, -0.15) is 0 Å². The number of ether oxygens (including phenoxy) is 1. The van der Waals surface area contributed by atoms with E-state index in [0.29, 0.717) is 17.0 Å². The Kier molecular flexibility index (Phi) is 5.72. The van der Waals surface area contributed by atoms with Crippen molar-refractivity contribution < 1.29 is 9.53 Å². The van der Waals surface area contributed by atoms with E-state index < -0.39 is 0 Å². The molecule has 1 unspecified atom stereocenters. The molecule has 0 spiro atoms. The molecule has 29 heavy (non-hydrogen) atoms. The van der Waals surface area contributed by atoms with Crippen LogP contribution in [0.25, 0.3) is 0 Å². The number of hydrogen-bond acceptors (Lipinski definition) is 5. The summed E-state index contributed by atoms with van der Waals surface area (Å²) < 4.78 is 5.19. The lowest BCUT2D eigenvalue weighted by atomic mass is 10.0. The summed E-state index contributed by atoms with van der Waals surface area (Å²) >= 11 is 0. The number of hydrogen-bond donors (Lipinski definition) is 2. The number of anilines is 2. The Bertz CT molecular complexity index is 960. The zero-order valence-corrected chi connectivity index (χ0v) is 16.3. The molecule has 3 aromatic rings. The van der Waals surface area contributed by atoms with Gasteiger partial charge in [0.1, 0.15) is 11.6 Å². The summed E-state index contributed by atoms with van der Waals surface area (Å²) in [6.45, 7) is 2.61. The smallest absolute Gasteiger partial charge is 0.257 e. The summed E-state index contributed by atoms with van der Waals surface area (Å²) in [5.41, 5.74) is 2.48. The van der Waals surface area contributed by atoms with Gasteiger partial charge in [-0.25, -0.2) is 4.98 Å². The van der Waals surface area contributed by atoms with E-state index in [-0.39, 0.29) is 11.9 Å².